The molecule has 0 aromatic heterocycles. The number of aryl methyl sites for hydroxylation is 1. The summed E-state index contributed by atoms with van der Waals surface area (Å²) in [6, 6.07) is 5.78. The van der Waals surface area contributed by atoms with Crippen LogP contribution in [0.25, 0.3) is 0 Å². The second-order valence-electron chi connectivity index (χ2n) is 3.85. The first kappa shape index (κ1) is 16.5. The van der Waals surface area contributed by atoms with Crippen LogP contribution in [-0.4, -0.2) is 26.2 Å². The average molecular weight is 389 g/mol. The lowest BCUT2D eigenvalue weighted by Crippen LogP contribution is -2.16. The number of carbonyl (C=O) groups is 2. The molecule has 0 aliphatic carbocycles. The van der Waals surface area contributed by atoms with E-state index in [1.165, 1.54) is 14.2 Å². The zero-order valence-corrected chi connectivity index (χ0v) is 13.7. The molecule has 0 heterocycles. The quantitative estimate of drug-likeness (QED) is 0.476. The zero-order valence-electron chi connectivity index (χ0n) is 11.5. The van der Waals surface area contributed by atoms with E-state index in [0.717, 1.165) is 27.3 Å². The molecule has 0 amide bonds. The van der Waals surface area contributed by atoms with Crippen molar-refractivity contribution in [3.05, 3.63) is 39.1 Å². The maximum Gasteiger partial charge on any atom is 0.354 e. The Bertz CT molecular complexity index is 540. The van der Waals surface area contributed by atoms with Gasteiger partial charge in [-0.15, -0.1) is 0 Å². The first-order chi connectivity index (χ1) is 9.51. The van der Waals surface area contributed by atoms with Crippen molar-refractivity contribution >= 4 is 40.2 Å². The third-order valence-electron chi connectivity index (χ3n) is 2.59. The highest BCUT2D eigenvalue weighted by Crippen LogP contribution is 2.21. The molecule has 0 spiro atoms. The van der Waals surface area contributed by atoms with Crippen LogP contribution in [0.4, 0.5) is 5.69 Å². The molecule has 0 saturated carbocycles. The van der Waals surface area contributed by atoms with Gasteiger partial charge in [-0.1, -0.05) is 6.92 Å². The number of ether oxygens (including phenoxy) is 2. The van der Waals surface area contributed by atoms with Gasteiger partial charge in [-0.05, 0) is 52.8 Å². The number of methoxy groups -OCH3 is 2. The van der Waals surface area contributed by atoms with Gasteiger partial charge in [0.05, 0.1) is 20.3 Å². The number of carbonyl (C=O) groups excluding carboxylic acids is 2. The van der Waals surface area contributed by atoms with E-state index in [1.807, 2.05) is 25.1 Å². The van der Waals surface area contributed by atoms with Crippen LogP contribution in [0.2, 0.25) is 0 Å². The van der Waals surface area contributed by atoms with E-state index >= 15 is 0 Å². The van der Waals surface area contributed by atoms with Crippen molar-refractivity contribution in [1.29, 1.82) is 0 Å². The van der Waals surface area contributed by atoms with Crippen LogP contribution in [-0.2, 0) is 25.5 Å². The first-order valence-corrected chi connectivity index (χ1v) is 7.03. The standard InChI is InChI=1S/C14H16INO4/c1-4-9-7-10(15)5-6-11(9)16-12(14(18)20-3)8-13(17)19-2/h5-8,16H,4H2,1-3H3/b12-8+. The predicted molar refractivity (Wildman–Crippen MR) is 84.3 cm³/mol. The van der Waals surface area contributed by atoms with Crippen LogP contribution in [0.15, 0.2) is 30.0 Å². The Morgan fingerprint density at radius 3 is 2.55 bits per heavy atom. The third kappa shape index (κ3) is 4.52. The van der Waals surface area contributed by atoms with Gasteiger partial charge in [0.25, 0.3) is 0 Å². The number of hydrogen-bond donors (Lipinski definition) is 1. The fourth-order valence-corrected chi connectivity index (χ4v) is 2.11. The minimum atomic E-state index is -0.629. The van der Waals surface area contributed by atoms with Crippen LogP contribution < -0.4 is 5.32 Å². The lowest BCUT2D eigenvalue weighted by atomic mass is 10.1. The van der Waals surface area contributed by atoms with Crippen molar-refractivity contribution < 1.29 is 19.1 Å². The van der Waals surface area contributed by atoms with E-state index in [0.29, 0.717) is 0 Å². The number of benzene rings is 1. The Morgan fingerprint density at radius 2 is 2.00 bits per heavy atom. The van der Waals surface area contributed by atoms with Gasteiger partial charge in [-0.2, -0.15) is 0 Å². The topological polar surface area (TPSA) is 64.6 Å². The second-order valence-corrected chi connectivity index (χ2v) is 5.10. The maximum atomic E-state index is 11.7. The van der Waals surface area contributed by atoms with Gasteiger partial charge in [-0.25, -0.2) is 9.59 Å². The molecule has 20 heavy (non-hydrogen) atoms. The summed E-state index contributed by atoms with van der Waals surface area (Å²) < 4.78 is 10.3. The molecule has 1 aromatic rings. The molecular formula is C14H16INO4. The van der Waals surface area contributed by atoms with Crippen molar-refractivity contribution in [2.45, 2.75) is 13.3 Å². The SMILES string of the molecule is CCc1cc(I)ccc1N/C(=C/C(=O)OC)C(=O)OC. The molecule has 1 aromatic carbocycles. The smallest absolute Gasteiger partial charge is 0.354 e. The molecule has 108 valence electrons. The summed E-state index contributed by atoms with van der Waals surface area (Å²) in [6.45, 7) is 2.01. The van der Waals surface area contributed by atoms with Gasteiger partial charge in [-0.3, -0.25) is 0 Å². The van der Waals surface area contributed by atoms with Gasteiger partial charge in [0.15, 0.2) is 0 Å². The largest absolute Gasteiger partial charge is 0.466 e. The molecule has 5 nitrogen and oxygen atoms in total. The summed E-state index contributed by atoms with van der Waals surface area (Å²) >= 11 is 2.22. The molecule has 0 saturated heterocycles. The molecule has 1 N–H and O–H groups in total. The number of anilines is 1. The van der Waals surface area contributed by atoms with Crippen molar-refractivity contribution in [2.75, 3.05) is 19.5 Å². The maximum absolute atomic E-state index is 11.7. The lowest BCUT2D eigenvalue weighted by molar-refractivity contribution is -0.138. The zero-order chi connectivity index (χ0) is 15.1. The summed E-state index contributed by atoms with van der Waals surface area (Å²) in [5.74, 6) is -1.25. The van der Waals surface area contributed by atoms with Crippen molar-refractivity contribution in [2.24, 2.45) is 0 Å². The number of rotatable bonds is 5. The number of esters is 2. The van der Waals surface area contributed by atoms with Crippen LogP contribution in [0.5, 0.6) is 0 Å². The summed E-state index contributed by atoms with van der Waals surface area (Å²) in [6.07, 6.45) is 1.87. The molecule has 0 fully saturated rings. The monoisotopic (exact) mass is 389 g/mol. The molecule has 0 bridgehead atoms. The van der Waals surface area contributed by atoms with E-state index in [2.05, 4.69) is 37.4 Å². The minimum absolute atomic E-state index is 0.0373. The van der Waals surface area contributed by atoms with Gasteiger partial charge in [0, 0.05) is 9.26 Å². The van der Waals surface area contributed by atoms with E-state index in [-0.39, 0.29) is 5.70 Å². The predicted octanol–water partition coefficient (Wildman–Crippen LogP) is 2.50. The first-order valence-electron chi connectivity index (χ1n) is 5.95. The lowest BCUT2D eigenvalue weighted by Gasteiger charge is -2.13. The van der Waals surface area contributed by atoms with E-state index in [1.54, 1.807) is 0 Å². The Labute approximate surface area is 131 Å². The number of halogens is 1. The van der Waals surface area contributed by atoms with Crippen LogP contribution in [0, 0.1) is 3.57 Å². The molecule has 0 aliphatic rings. The van der Waals surface area contributed by atoms with E-state index in [4.69, 9.17) is 0 Å². The molecule has 0 atom stereocenters. The van der Waals surface area contributed by atoms with Crippen LogP contribution in [0.3, 0.4) is 0 Å². The van der Waals surface area contributed by atoms with Gasteiger partial charge >= 0.3 is 11.9 Å². The highest BCUT2D eigenvalue weighted by atomic mass is 127. The van der Waals surface area contributed by atoms with Gasteiger partial charge < -0.3 is 14.8 Å². The Morgan fingerprint density at radius 1 is 1.30 bits per heavy atom. The summed E-state index contributed by atoms with van der Waals surface area (Å²) in [5.41, 5.74) is 1.83. The van der Waals surface area contributed by atoms with E-state index in [9.17, 15) is 9.59 Å². The summed E-state index contributed by atoms with van der Waals surface area (Å²) in [4.78, 5) is 23.0. The molecule has 1 rings (SSSR count). The normalized spacial score (nSPS) is 10.9. The Balaban J connectivity index is 3.10. The molecule has 0 aliphatic heterocycles. The molecule has 0 radical (unpaired) electrons. The third-order valence-corrected chi connectivity index (χ3v) is 3.26. The molecule has 0 unspecified atom stereocenters. The second kappa shape index (κ2) is 7.88. The Hall–Kier alpha value is -1.57. The van der Waals surface area contributed by atoms with Gasteiger partial charge in [0.1, 0.15) is 5.70 Å². The van der Waals surface area contributed by atoms with Crippen molar-refractivity contribution in [3.63, 3.8) is 0 Å². The van der Waals surface area contributed by atoms with Crippen molar-refractivity contribution in [1.82, 2.24) is 0 Å². The van der Waals surface area contributed by atoms with Crippen LogP contribution in [0.1, 0.15) is 12.5 Å². The number of hydrogen-bond acceptors (Lipinski definition) is 5. The van der Waals surface area contributed by atoms with Crippen LogP contribution >= 0.6 is 22.6 Å². The molecular weight excluding hydrogens is 373 g/mol. The Kier molecular flexibility index (Phi) is 6.50. The summed E-state index contributed by atoms with van der Waals surface area (Å²) in [7, 11) is 2.50. The number of nitrogens with one attached hydrogen (secondary N) is 1. The fourth-order valence-electron chi connectivity index (χ4n) is 1.55. The summed E-state index contributed by atoms with van der Waals surface area (Å²) in [5, 5.41) is 2.92. The van der Waals surface area contributed by atoms with Gasteiger partial charge in [0.2, 0.25) is 0 Å². The molecule has 6 heteroatoms. The fraction of sp³-hybridized carbons (Fsp3) is 0.286. The minimum Gasteiger partial charge on any atom is -0.466 e. The van der Waals surface area contributed by atoms with E-state index < -0.39 is 11.9 Å². The van der Waals surface area contributed by atoms with Crippen molar-refractivity contribution in [3.8, 4) is 0 Å². The average Bonchev–Trinajstić information content (AvgIpc) is 2.46. The highest BCUT2D eigenvalue weighted by Gasteiger charge is 2.14. The highest BCUT2D eigenvalue weighted by molar-refractivity contribution is 14.1.